The second-order valence-corrected chi connectivity index (χ2v) is 16.8. The number of amides is 2. The number of alkyl halides is 3. The molecule has 2 fully saturated rings. The van der Waals surface area contributed by atoms with Gasteiger partial charge in [-0.1, -0.05) is 19.9 Å². The third-order valence-electron chi connectivity index (χ3n) is 10.5. The third kappa shape index (κ3) is 9.43. The highest BCUT2D eigenvalue weighted by Gasteiger charge is 2.39. The molecule has 2 saturated heterocycles. The average molecular weight is 771 g/mol. The van der Waals surface area contributed by atoms with Crippen LogP contribution in [0.2, 0.25) is 0 Å². The van der Waals surface area contributed by atoms with E-state index in [-0.39, 0.29) is 25.5 Å². The Morgan fingerprint density at radius 1 is 1.13 bits per heavy atom. The summed E-state index contributed by atoms with van der Waals surface area (Å²) in [6.45, 7) is 11.3. The standard InChI is InChI=1S/C40H53F3N6O6/c1-24(53-7)33-27(10-8-15-44-33)34-29-19-39(5,6)23-54-36(51)30-11-9-16-49(46-30)35(50)31(45-37(52)55-38(2,3)4)21-47-17-14-26(20-47)25-12-13-32(28(29)18-25)48(34)22-40(41,42)43/h8,10,12-13,15,18,24,26,30-31,46H,9,11,14,16-17,19-23H2,1-7H3,(H,45,52)/t24-,26?,30-,31-/m0/s1. The van der Waals surface area contributed by atoms with Crippen molar-refractivity contribution in [1.82, 2.24) is 30.2 Å². The molecule has 3 aliphatic rings. The molecule has 3 aromatic rings. The molecule has 55 heavy (non-hydrogen) atoms. The van der Waals surface area contributed by atoms with E-state index in [1.54, 1.807) is 45.2 Å². The van der Waals surface area contributed by atoms with E-state index in [4.69, 9.17) is 14.2 Å². The summed E-state index contributed by atoms with van der Waals surface area (Å²) in [7, 11) is 1.54. The summed E-state index contributed by atoms with van der Waals surface area (Å²) in [6.07, 6.45) is -2.17. The van der Waals surface area contributed by atoms with Gasteiger partial charge < -0.3 is 29.0 Å². The maximum atomic E-state index is 14.5. The molecular weight excluding hydrogens is 717 g/mol. The van der Waals surface area contributed by atoms with Gasteiger partial charge in [0.1, 0.15) is 24.2 Å². The smallest absolute Gasteiger partial charge is 0.408 e. The molecule has 6 bridgehead atoms. The molecule has 12 nitrogen and oxygen atoms in total. The molecule has 300 valence electrons. The van der Waals surface area contributed by atoms with Crippen LogP contribution in [-0.4, -0.2) is 101 Å². The molecule has 5 atom stereocenters. The van der Waals surface area contributed by atoms with E-state index in [2.05, 4.69) is 20.6 Å². The van der Waals surface area contributed by atoms with Crippen molar-refractivity contribution in [2.45, 2.75) is 110 Å². The summed E-state index contributed by atoms with van der Waals surface area (Å²) < 4.78 is 61.9. The van der Waals surface area contributed by atoms with E-state index in [9.17, 15) is 27.6 Å². The maximum absolute atomic E-state index is 14.5. The zero-order valence-electron chi connectivity index (χ0n) is 32.7. The van der Waals surface area contributed by atoms with Crippen molar-refractivity contribution in [3.63, 3.8) is 0 Å². The number of hydrazine groups is 1. The molecule has 0 saturated carbocycles. The number of ether oxygens (including phenoxy) is 3. The second kappa shape index (κ2) is 15.7. The molecule has 0 aliphatic carbocycles. The first kappa shape index (κ1) is 40.5. The van der Waals surface area contributed by atoms with Crippen LogP contribution in [0.3, 0.4) is 0 Å². The van der Waals surface area contributed by atoms with Crippen LogP contribution in [-0.2, 0) is 36.8 Å². The van der Waals surface area contributed by atoms with Crippen molar-refractivity contribution < 1.29 is 41.8 Å². The number of alkyl carbamates (subject to hydrolysis) is 1. The lowest BCUT2D eigenvalue weighted by atomic mass is 9.84. The summed E-state index contributed by atoms with van der Waals surface area (Å²) in [5.74, 6) is -0.927. The van der Waals surface area contributed by atoms with Gasteiger partial charge in [-0.3, -0.25) is 19.6 Å². The first-order valence-electron chi connectivity index (χ1n) is 19.0. The number of rotatable bonds is 5. The van der Waals surface area contributed by atoms with E-state index in [1.807, 2.05) is 32.9 Å². The number of nitrogens with zero attached hydrogens (tertiary/aromatic N) is 4. The number of carbonyl (C=O) groups is 3. The van der Waals surface area contributed by atoms with Crippen molar-refractivity contribution >= 4 is 28.9 Å². The summed E-state index contributed by atoms with van der Waals surface area (Å²) in [5, 5.41) is 4.84. The Hall–Kier alpha value is -4.21. The molecule has 2 aromatic heterocycles. The van der Waals surface area contributed by atoms with Gasteiger partial charge in [0.15, 0.2) is 0 Å². The molecular formula is C40H53F3N6O6. The van der Waals surface area contributed by atoms with E-state index in [0.717, 1.165) is 12.0 Å². The number of carbonyl (C=O) groups excluding carboxylic acids is 3. The van der Waals surface area contributed by atoms with Gasteiger partial charge in [0.05, 0.1) is 24.1 Å². The molecule has 15 heteroatoms. The Kier molecular flexibility index (Phi) is 11.6. The van der Waals surface area contributed by atoms with Crippen molar-refractivity contribution in [1.29, 1.82) is 0 Å². The van der Waals surface area contributed by atoms with E-state index >= 15 is 0 Å². The normalized spacial score (nSPS) is 24.3. The Bertz CT molecular complexity index is 1910. The molecule has 2 amide bonds. The number of esters is 1. The van der Waals surface area contributed by atoms with Gasteiger partial charge in [0.25, 0.3) is 5.91 Å². The largest absolute Gasteiger partial charge is 0.464 e. The highest BCUT2D eigenvalue weighted by molar-refractivity contribution is 5.93. The van der Waals surface area contributed by atoms with Gasteiger partial charge in [0, 0.05) is 54.8 Å². The Morgan fingerprint density at radius 2 is 1.89 bits per heavy atom. The number of methoxy groups -OCH3 is 1. The van der Waals surface area contributed by atoms with E-state index in [0.29, 0.717) is 65.9 Å². The van der Waals surface area contributed by atoms with E-state index in [1.165, 1.54) is 16.7 Å². The van der Waals surface area contributed by atoms with Crippen LogP contribution in [0.25, 0.3) is 22.2 Å². The number of hydrogen-bond acceptors (Lipinski definition) is 9. The van der Waals surface area contributed by atoms with Gasteiger partial charge in [-0.05, 0) is 101 Å². The number of nitrogens with one attached hydrogen (secondary N) is 2. The Labute approximate surface area is 320 Å². The van der Waals surface area contributed by atoms with Crippen molar-refractivity contribution in [2.75, 3.05) is 39.9 Å². The predicted octanol–water partition coefficient (Wildman–Crippen LogP) is 6.28. The summed E-state index contributed by atoms with van der Waals surface area (Å²) in [6, 6.07) is 7.36. The van der Waals surface area contributed by atoms with Gasteiger partial charge in [-0.25, -0.2) is 10.2 Å². The molecule has 2 N–H and O–H groups in total. The van der Waals surface area contributed by atoms with Crippen LogP contribution in [0.5, 0.6) is 0 Å². The summed E-state index contributed by atoms with van der Waals surface area (Å²) >= 11 is 0. The second-order valence-electron chi connectivity index (χ2n) is 16.8. The van der Waals surface area contributed by atoms with Crippen molar-refractivity contribution in [2.24, 2.45) is 5.41 Å². The highest BCUT2D eigenvalue weighted by Crippen LogP contribution is 2.43. The van der Waals surface area contributed by atoms with Crippen LogP contribution in [0.4, 0.5) is 18.0 Å². The number of benzene rings is 1. The third-order valence-corrected chi connectivity index (χ3v) is 10.5. The molecule has 0 radical (unpaired) electrons. The van der Waals surface area contributed by atoms with Gasteiger partial charge >= 0.3 is 18.2 Å². The van der Waals surface area contributed by atoms with Gasteiger partial charge in [-0.15, -0.1) is 0 Å². The predicted molar refractivity (Wildman–Crippen MR) is 200 cm³/mol. The molecule has 2 unspecified atom stereocenters. The lowest BCUT2D eigenvalue weighted by Gasteiger charge is -2.36. The van der Waals surface area contributed by atoms with Crippen molar-refractivity contribution in [3.8, 4) is 11.3 Å². The first-order valence-corrected chi connectivity index (χ1v) is 19.0. The van der Waals surface area contributed by atoms with Gasteiger partial charge in [0.2, 0.25) is 0 Å². The van der Waals surface area contributed by atoms with Crippen LogP contribution < -0.4 is 10.7 Å². The molecule has 3 aliphatic heterocycles. The number of aromatic nitrogens is 2. The number of hydrogen-bond donors (Lipinski definition) is 2. The van der Waals surface area contributed by atoms with Crippen molar-refractivity contribution in [3.05, 3.63) is 53.3 Å². The first-order chi connectivity index (χ1) is 25.8. The van der Waals surface area contributed by atoms with Gasteiger partial charge in [-0.2, -0.15) is 13.2 Å². The van der Waals surface area contributed by atoms with Crippen LogP contribution in [0.15, 0.2) is 36.5 Å². The fourth-order valence-electron chi connectivity index (χ4n) is 7.94. The molecule has 0 spiro atoms. The topological polar surface area (TPSA) is 127 Å². The quantitative estimate of drug-likeness (QED) is 0.289. The molecule has 5 heterocycles. The number of halogens is 3. The van der Waals surface area contributed by atoms with E-state index < -0.39 is 59.9 Å². The summed E-state index contributed by atoms with van der Waals surface area (Å²) in [4.78, 5) is 47.3. The average Bonchev–Trinajstić information content (AvgIpc) is 3.69. The highest BCUT2D eigenvalue weighted by atomic mass is 19.4. The molecule has 1 aromatic carbocycles. The van der Waals surface area contributed by atoms with Crippen LogP contribution in [0, 0.1) is 5.41 Å². The fourth-order valence-corrected chi connectivity index (χ4v) is 7.94. The zero-order valence-corrected chi connectivity index (χ0v) is 32.7. The maximum Gasteiger partial charge on any atom is 0.408 e. The molecule has 6 rings (SSSR count). The number of pyridine rings is 1. The zero-order chi connectivity index (χ0) is 39.9. The minimum absolute atomic E-state index is 0.0109. The van der Waals surface area contributed by atoms with Crippen LogP contribution in [0.1, 0.15) is 89.6 Å². The Morgan fingerprint density at radius 3 is 2.60 bits per heavy atom. The lowest BCUT2D eigenvalue weighted by molar-refractivity contribution is -0.155. The Balaban J connectivity index is 1.48. The van der Waals surface area contributed by atoms with Crippen LogP contribution >= 0.6 is 0 Å². The fraction of sp³-hybridized carbons (Fsp3) is 0.600. The number of fused-ring (bicyclic) bond motifs is 6. The SMILES string of the molecule is CO[C@@H](C)c1ncccc1-c1c2c3cc(ccc3n1CC(F)(F)F)C1CCN(C1)C[C@H](NC(=O)OC(C)(C)C)C(=O)N1CCC[C@H](N1)C(=O)OCC(C)(C)C2. The minimum Gasteiger partial charge on any atom is -0.464 e. The number of cyclic esters (lactones) is 1. The minimum atomic E-state index is -4.53. The lowest BCUT2D eigenvalue weighted by Crippen LogP contribution is -2.62. The summed E-state index contributed by atoms with van der Waals surface area (Å²) in [5.41, 5.74) is 5.07. The monoisotopic (exact) mass is 770 g/mol.